The minimum absolute atomic E-state index is 0.142. The number of nitrogens with two attached hydrogens (primary N) is 1. The number of carbonyl (C=O) groups is 1. The molecule has 1 amide bonds. The highest BCUT2D eigenvalue weighted by Gasteiger charge is 2.40. The van der Waals surface area contributed by atoms with E-state index in [0.717, 1.165) is 42.6 Å². The zero-order chi connectivity index (χ0) is 26.2. The summed E-state index contributed by atoms with van der Waals surface area (Å²) in [6.07, 6.45) is 7.18. The second-order valence-electron chi connectivity index (χ2n) is 9.99. The van der Waals surface area contributed by atoms with Gasteiger partial charge in [0.05, 0.1) is 43.5 Å². The molecule has 0 bridgehead atoms. The average Bonchev–Trinajstić information content (AvgIpc) is 3.31. The summed E-state index contributed by atoms with van der Waals surface area (Å²) in [5.41, 5.74) is 8.73. The van der Waals surface area contributed by atoms with Crippen molar-refractivity contribution in [2.75, 3.05) is 39.1 Å². The standard InChI is InChI=1S/C26H33N7O4/c1-16-8-18(9-22(26(35)14-36-15-26)21(16)11-28-17(2)34)23-12-29-24(27)25(31-23)37-20-10-30-33(13-20)19-4-6-32(3)7-5-19/h8-10,12-13,19,35H,4-7,11,14-15H2,1-3H3,(H2,27,29)(H,28,34). The molecule has 2 aliphatic heterocycles. The van der Waals surface area contributed by atoms with Crippen molar-refractivity contribution in [1.82, 2.24) is 30.0 Å². The van der Waals surface area contributed by atoms with Gasteiger partial charge in [0.15, 0.2) is 11.6 Å². The third kappa shape index (κ3) is 5.29. The lowest BCUT2D eigenvalue weighted by atomic mass is 9.84. The van der Waals surface area contributed by atoms with Gasteiger partial charge in [-0.15, -0.1) is 0 Å². The van der Waals surface area contributed by atoms with Crippen molar-refractivity contribution in [2.45, 2.75) is 44.9 Å². The summed E-state index contributed by atoms with van der Waals surface area (Å²) >= 11 is 0. The molecule has 3 aromatic rings. The lowest BCUT2D eigenvalue weighted by molar-refractivity contribution is -0.185. The van der Waals surface area contributed by atoms with Crippen LogP contribution in [0.15, 0.2) is 30.7 Å². The quantitative estimate of drug-likeness (QED) is 0.439. The van der Waals surface area contributed by atoms with Gasteiger partial charge in [-0.2, -0.15) is 5.10 Å². The third-order valence-corrected chi connectivity index (χ3v) is 7.09. The maximum atomic E-state index is 11.5. The number of aromatic nitrogens is 4. The van der Waals surface area contributed by atoms with Crippen LogP contribution in [-0.4, -0.2) is 69.0 Å². The topological polar surface area (TPSA) is 141 Å². The van der Waals surface area contributed by atoms with Gasteiger partial charge in [0, 0.05) is 19.0 Å². The van der Waals surface area contributed by atoms with Crippen LogP contribution in [0.5, 0.6) is 11.6 Å². The average molecular weight is 508 g/mol. The maximum Gasteiger partial charge on any atom is 0.263 e. The summed E-state index contributed by atoms with van der Waals surface area (Å²) in [5.74, 6) is 0.755. The number of likely N-dealkylation sites (tertiary alicyclic amines) is 1. The minimum atomic E-state index is -1.13. The monoisotopic (exact) mass is 507 g/mol. The van der Waals surface area contributed by atoms with Crippen molar-refractivity contribution in [1.29, 1.82) is 0 Å². The molecule has 1 aromatic carbocycles. The summed E-state index contributed by atoms with van der Waals surface area (Å²) in [5, 5.41) is 18.4. The molecule has 2 fully saturated rings. The maximum absolute atomic E-state index is 11.5. The largest absolute Gasteiger partial charge is 0.433 e. The second kappa shape index (κ2) is 10.1. The fourth-order valence-electron chi connectivity index (χ4n) is 4.82. The molecule has 2 saturated heterocycles. The normalized spacial score (nSPS) is 17.8. The van der Waals surface area contributed by atoms with Gasteiger partial charge in [0.1, 0.15) is 5.60 Å². The highest BCUT2D eigenvalue weighted by molar-refractivity contribution is 5.73. The Morgan fingerprint density at radius 3 is 2.73 bits per heavy atom. The van der Waals surface area contributed by atoms with E-state index >= 15 is 0 Å². The van der Waals surface area contributed by atoms with Gasteiger partial charge in [-0.05, 0) is 68.7 Å². The first-order valence-electron chi connectivity index (χ1n) is 12.4. The third-order valence-electron chi connectivity index (χ3n) is 7.09. The Hall–Kier alpha value is -3.54. The van der Waals surface area contributed by atoms with E-state index in [2.05, 4.69) is 32.3 Å². The van der Waals surface area contributed by atoms with Gasteiger partial charge in [-0.25, -0.2) is 9.97 Å². The Morgan fingerprint density at radius 2 is 2.05 bits per heavy atom. The Bertz CT molecular complexity index is 1300. The number of rotatable bonds is 7. The van der Waals surface area contributed by atoms with E-state index in [4.69, 9.17) is 15.2 Å². The molecule has 196 valence electrons. The first-order chi connectivity index (χ1) is 17.7. The lowest BCUT2D eigenvalue weighted by Gasteiger charge is -2.38. The summed E-state index contributed by atoms with van der Waals surface area (Å²) in [7, 11) is 2.13. The van der Waals surface area contributed by atoms with Crippen LogP contribution in [0.1, 0.15) is 42.5 Å². The number of benzene rings is 1. The Labute approximate surface area is 215 Å². The Balaban J connectivity index is 1.42. The van der Waals surface area contributed by atoms with Crippen LogP contribution in [0.2, 0.25) is 0 Å². The molecule has 0 aliphatic carbocycles. The molecule has 0 unspecified atom stereocenters. The molecular formula is C26H33N7O4. The van der Waals surface area contributed by atoms with Gasteiger partial charge >= 0.3 is 0 Å². The molecule has 4 heterocycles. The van der Waals surface area contributed by atoms with Gasteiger partial charge in [-0.3, -0.25) is 9.48 Å². The van der Waals surface area contributed by atoms with Crippen LogP contribution >= 0.6 is 0 Å². The van der Waals surface area contributed by atoms with E-state index < -0.39 is 5.60 Å². The van der Waals surface area contributed by atoms with Gasteiger partial charge in [0.2, 0.25) is 5.91 Å². The van der Waals surface area contributed by atoms with Crippen molar-refractivity contribution in [3.05, 3.63) is 47.4 Å². The number of aryl methyl sites for hydroxylation is 1. The van der Waals surface area contributed by atoms with Gasteiger partial charge in [-0.1, -0.05) is 0 Å². The number of amides is 1. The number of nitrogens with one attached hydrogen (secondary N) is 1. The SMILES string of the molecule is CC(=O)NCc1c(C)cc(-c2cnc(N)c(Oc3cnn(C4CCN(C)CC4)c3)n2)cc1C1(O)COC1. The summed E-state index contributed by atoms with van der Waals surface area (Å²) in [4.78, 5) is 22.8. The van der Waals surface area contributed by atoms with Crippen molar-refractivity contribution in [3.63, 3.8) is 0 Å². The fraction of sp³-hybridized carbons (Fsp3) is 0.462. The zero-order valence-corrected chi connectivity index (χ0v) is 21.4. The predicted molar refractivity (Wildman–Crippen MR) is 137 cm³/mol. The summed E-state index contributed by atoms with van der Waals surface area (Å²) < 4.78 is 13.2. The van der Waals surface area contributed by atoms with Crippen molar-refractivity contribution in [3.8, 4) is 22.9 Å². The molecule has 0 atom stereocenters. The van der Waals surface area contributed by atoms with Crippen LogP contribution in [-0.2, 0) is 21.7 Å². The van der Waals surface area contributed by atoms with E-state index in [9.17, 15) is 9.90 Å². The first kappa shape index (κ1) is 25.1. The molecule has 2 aliphatic rings. The van der Waals surface area contributed by atoms with Crippen molar-refractivity contribution >= 4 is 11.7 Å². The van der Waals surface area contributed by atoms with E-state index in [1.165, 1.54) is 6.92 Å². The minimum Gasteiger partial charge on any atom is -0.433 e. The smallest absolute Gasteiger partial charge is 0.263 e. The second-order valence-corrected chi connectivity index (χ2v) is 9.99. The zero-order valence-electron chi connectivity index (χ0n) is 21.4. The number of piperidine rings is 1. The number of nitrogens with zero attached hydrogens (tertiary/aromatic N) is 5. The van der Waals surface area contributed by atoms with E-state index in [1.807, 2.05) is 29.9 Å². The number of nitrogen functional groups attached to an aromatic ring is 1. The number of aliphatic hydroxyl groups is 1. The Kier molecular flexibility index (Phi) is 6.84. The number of carbonyl (C=O) groups excluding carboxylic acids is 1. The number of anilines is 1. The van der Waals surface area contributed by atoms with Crippen LogP contribution in [0.25, 0.3) is 11.3 Å². The molecule has 11 heteroatoms. The highest BCUT2D eigenvalue weighted by Crippen LogP contribution is 2.37. The van der Waals surface area contributed by atoms with Crippen molar-refractivity contribution < 1.29 is 19.4 Å². The molecule has 2 aromatic heterocycles. The van der Waals surface area contributed by atoms with E-state index in [-0.39, 0.29) is 30.8 Å². The first-order valence-corrected chi connectivity index (χ1v) is 12.4. The van der Waals surface area contributed by atoms with Crippen molar-refractivity contribution in [2.24, 2.45) is 0 Å². The predicted octanol–water partition coefficient (Wildman–Crippen LogP) is 2.14. The molecule has 0 spiro atoms. The highest BCUT2D eigenvalue weighted by atomic mass is 16.5. The number of hydrogen-bond donors (Lipinski definition) is 3. The van der Waals surface area contributed by atoms with E-state index in [1.54, 1.807) is 12.4 Å². The van der Waals surface area contributed by atoms with Gasteiger partial charge in [0.25, 0.3) is 5.88 Å². The summed E-state index contributed by atoms with van der Waals surface area (Å²) in [6, 6.07) is 4.16. The van der Waals surface area contributed by atoms with Crippen LogP contribution in [0.3, 0.4) is 0 Å². The van der Waals surface area contributed by atoms with Crippen LogP contribution < -0.4 is 15.8 Å². The molecular weight excluding hydrogens is 474 g/mol. The van der Waals surface area contributed by atoms with E-state index in [0.29, 0.717) is 29.6 Å². The van der Waals surface area contributed by atoms with Crippen LogP contribution in [0, 0.1) is 6.92 Å². The molecule has 4 N–H and O–H groups in total. The fourth-order valence-corrected chi connectivity index (χ4v) is 4.82. The van der Waals surface area contributed by atoms with Crippen LogP contribution in [0.4, 0.5) is 5.82 Å². The summed E-state index contributed by atoms with van der Waals surface area (Å²) in [6.45, 7) is 6.15. The Morgan fingerprint density at radius 1 is 1.30 bits per heavy atom. The molecule has 37 heavy (non-hydrogen) atoms. The molecule has 11 nitrogen and oxygen atoms in total. The molecule has 5 rings (SSSR count). The van der Waals surface area contributed by atoms with Gasteiger partial charge < -0.3 is 30.5 Å². The molecule has 0 radical (unpaired) electrons. The molecule has 0 saturated carbocycles. The number of ether oxygens (including phenoxy) is 2. The number of hydrogen-bond acceptors (Lipinski definition) is 9. The lowest BCUT2D eigenvalue weighted by Crippen LogP contribution is -2.47.